The van der Waals surface area contributed by atoms with E-state index in [4.69, 9.17) is 10.5 Å². The molecule has 3 heteroatoms. The third-order valence-electron chi connectivity index (χ3n) is 1.96. The van der Waals surface area contributed by atoms with E-state index in [0.29, 0.717) is 19.0 Å². The van der Waals surface area contributed by atoms with Crippen molar-refractivity contribution in [2.75, 3.05) is 6.61 Å². The molecule has 0 fully saturated rings. The predicted octanol–water partition coefficient (Wildman–Crippen LogP) is 1.80. The molecule has 0 aromatic carbocycles. The van der Waals surface area contributed by atoms with Crippen LogP contribution in [-0.4, -0.2) is 11.6 Å². The first-order valence-electron chi connectivity index (χ1n) is 4.68. The molecule has 0 bridgehead atoms. The SMILES string of the molecule is C=CCCOc1ccc(CN)c(C)n1. The molecule has 1 rings (SSSR count). The standard InChI is InChI=1S/C11H16N2O/c1-3-4-7-14-11-6-5-10(8-12)9(2)13-11/h3,5-6H,1,4,7-8,12H2,2H3. The molecule has 0 aliphatic carbocycles. The normalized spacial score (nSPS) is 9.86. The highest BCUT2D eigenvalue weighted by Crippen LogP contribution is 2.11. The van der Waals surface area contributed by atoms with E-state index in [-0.39, 0.29) is 0 Å². The van der Waals surface area contributed by atoms with E-state index in [1.54, 1.807) is 0 Å². The Labute approximate surface area is 84.6 Å². The smallest absolute Gasteiger partial charge is 0.213 e. The molecule has 0 saturated heterocycles. The van der Waals surface area contributed by atoms with Gasteiger partial charge in [0.05, 0.1) is 6.61 Å². The van der Waals surface area contributed by atoms with Crippen LogP contribution in [0.25, 0.3) is 0 Å². The van der Waals surface area contributed by atoms with Gasteiger partial charge in [0.1, 0.15) is 0 Å². The summed E-state index contributed by atoms with van der Waals surface area (Å²) in [5.41, 5.74) is 7.52. The molecule has 76 valence electrons. The van der Waals surface area contributed by atoms with E-state index in [0.717, 1.165) is 17.7 Å². The molecular weight excluding hydrogens is 176 g/mol. The minimum Gasteiger partial charge on any atom is -0.477 e. The Balaban J connectivity index is 2.61. The van der Waals surface area contributed by atoms with Crippen molar-refractivity contribution in [3.05, 3.63) is 36.0 Å². The van der Waals surface area contributed by atoms with Gasteiger partial charge in [0.15, 0.2) is 0 Å². The van der Waals surface area contributed by atoms with Gasteiger partial charge in [-0.3, -0.25) is 0 Å². The van der Waals surface area contributed by atoms with Crippen LogP contribution in [-0.2, 0) is 6.54 Å². The van der Waals surface area contributed by atoms with Crippen molar-refractivity contribution < 1.29 is 4.74 Å². The van der Waals surface area contributed by atoms with Crippen LogP contribution < -0.4 is 10.5 Å². The molecular formula is C11H16N2O. The molecule has 0 saturated carbocycles. The van der Waals surface area contributed by atoms with Gasteiger partial charge in [-0.25, -0.2) is 4.98 Å². The summed E-state index contributed by atoms with van der Waals surface area (Å²) in [6.45, 7) is 6.70. The monoisotopic (exact) mass is 192 g/mol. The maximum Gasteiger partial charge on any atom is 0.213 e. The van der Waals surface area contributed by atoms with Crippen LogP contribution in [0.3, 0.4) is 0 Å². The summed E-state index contributed by atoms with van der Waals surface area (Å²) in [6.07, 6.45) is 2.65. The van der Waals surface area contributed by atoms with E-state index in [9.17, 15) is 0 Å². The summed E-state index contributed by atoms with van der Waals surface area (Å²) < 4.78 is 5.40. The average molecular weight is 192 g/mol. The molecule has 0 aliphatic rings. The average Bonchev–Trinajstić information content (AvgIpc) is 2.18. The number of aryl methyl sites for hydroxylation is 1. The number of hydrogen-bond donors (Lipinski definition) is 1. The van der Waals surface area contributed by atoms with Gasteiger partial charge in [-0.15, -0.1) is 6.58 Å². The van der Waals surface area contributed by atoms with Gasteiger partial charge >= 0.3 is 0 Å². The van der Waals surface area contributed by atoms with Gasteiger partial charge in [-0.2, -0.15) is 0 Å². The number of rotatable bonds is 5. The molecule has 0 amide bonds. The molecule has 0 radical (unpaired) electrons. The molecule has 0 unspecified atom stereocenters. The van der Waals surface area contributed by atoms with Crippen molar-refractivity contribution in [1.29, 1.82) is 0 Å². The minimum absolute atomic E-state index is 0.520. The summed E-state index contributed by atoms with van der Waals surface area (Å²) in [5, 5.41) is 0. The number of nitrogens with zero attached hydrogens (tertiary/aromatic N) is 1. The Kier molecular flexibility index (Phi) is 4.13. The van der Waals surface area contributed by atoms with Crippen LogP contribution in [0.1, 0.15) is 17.7 Å². The summed E-state index contributed by atoms with van der Waals surface area (Å²) >= 11 is 0. The van der Waals surface area contributed by atoms with Crippen LogP contribution >= 0.6 is 0 Å². The Morgan fingerprint density at radius 2 is 2.36 bits per heavy atom. The second kappa shape index (κ2) is 5.40. The van der Waals surface area contributed by atoms with Crippen LogP contribution in [0.15, 0.2) is 24.8 Å². The molecule has 0 atom stereocenters. The van der Waals surface area contributed by atoms with Crippen LogP contribution in [0.4, 0.5) is 0 Å². The summed E-state index contributed by atoms with van der Waals surface area (Å²) in [7, 11) is 0. The lowest BCUT2D eigenvalue weighted by atomic mass is 10.2. The quantitative estimate of drug-likeness (QED) is 0.571. The summed E-state index contributed by atoms with van der Waals surface area (Å²) in [6, 6.07) is 3.80. The zero-order valence-electron chi connectivity index (χ0n) is 8.49. The number of pyridine rings is 1. The van der Waals surface area contributed by atoms with Crippen molar-refractivity contribution in [3.63, 3.8) is 0 Å². The number of hydrogen-bond acceptors (Lipinski definition) is 3. The third-order valence-corrected chi connectivity index (χ3v) is 1.96. The van der Waals surface area contributed by atoms with E-state index >= 15 is 0 Å². The Morgan fingerprint density at radius 3 is 2.93 bits per heavy atom. The second-order valence-electron chi connectivity index (χ2n) is 3.02. The van der Waals surface area contributed by atoms with Crippen molar-refractivity contribution >= 4 is 0 Å². The van der Waals surface area contributed by atoms with E-state index < -0.39 is 0 Å². The predicted molar refractivity (Wildman–Crippen MR) is 57.2 cm³/mol. The molecule has 2 N–H and O–H groups in total. The highest BCUT2D eigenvalue weighted by molar-refractivity contribution is 5.24. The maximum absolute atomic E-state index is 5.53. The molecule has 0 aliphatic heterocycles. The van der Waals surface area contributed by atoms with Gasteiger partial charge in [-0.05, 0) is 18.9 Å². The van der Waals surface area contributed by atoms with E-state index in [1.165, 1.54) is 0 Å². The first-order chi connectivity index (χ1) is 6.77. The van der Waals surface area contributed by atoms with Crippen LogP contribution in [0, 0.1) is 6.92 Å². The van der Waals surface area contributed by atoms with Crippen molar-refractivity contribution in [3.8, 4) is 5.88 Å². The largest absolute Gasteiger partial charge is 0.477 e. The summed E-state index contributed by atoms with van der Waals surface area (Å²) in [4.78, 5) is 4.28. The lowest BCUT2D eigenvalue weighted by Gasteiger charge is -2.06. The van der Waals surface area contributed by atoms with E-state index in [2.05, 4.69) is 11.6 Å². The Hall–Kier alpha value is -1.35. The van der Waals surface area contributed by atoms with Gasteiger partial charge in [0, 0.05) is 18.3 Å². The molecule has 14 heavy (non-hydrogen) atoms. The van der Waals surface area contributed by atoms with Crippen molar-refractivity contribution in [2.45, 2.75) is 19.9 Å². The molecule has 1 heterocycles. The first kappa shape index (κ1) is 10.7. The Bertz CT molecular complexity index is 310. The van der Waals surface area contributed by atoms with Gasteiger partial charge in [-0.1, -0.05) is 12.1 Å². The lowest BCUT2D eigenvalue weighted by Crippen LogP contribution is -2.03. The van der Waals surface area contributed by atoms with Crippen LogP contribution in [0.2, 0.25) is 0 Å². The van der Waals surface area contributed by atoms with Crippen molar-refractivity contribution in [1.82, 2.24) is 4.98 Å². The number of aromatic nitrogens is 1. The topological polar surface area (TPSA) is 48.1 Å². The third kappa shape index (κ3) is 2.85. The minimum atomic E-state index is 0.520. The molecule has 1 aromatic heterocycles. The fraction of sp³-hybridized carbons (Fsp3) is 0.364. The zero-order valence-corrected chi connectivity index (χ0v) is 8.49. The number of nitrogens with two attached hydrogens (primary N) is 1. The zero-order chi connectivity index (χ0) is 10.4. The molecule has 0 spiro atoms. The van der Waals surface area contributed by atoms with E-state index in [1.807, 2.05) is 25.1 Å². The van der Waals surface area contributed by atoms with Gasteiger partial charge in [0.25, 0.3) is 0 Å². The highest BCUT2D eigenvalue weighted by atomic mass is 16.5. The molecule has 1 aromatic rings. The fourth-order valence-electron chi connectivity index (χ4n) is 1.11. The second-order valence-corrected chi connectivity index (χ2v) is 3.02. The number of ether oxygens (including phenoxy) is 1. The first-order valence-corrected chi connectivity index (χ1v) is 4.68. The maximum atomic E-state index is 5.53. The highest BCUT2D eigenvalue weighted by Gasteiger charge is 2.00. The lowest BCUT2D eigenvalue weighted by molar-refractivity contribution is 0.311. The summed E-state index contributed by atoms with van der Waals surface area (Å²) in [5.74, 6) is 0.654. The van der Waals surface area contributed by atoms with Crippen LogP contribution in [0.5, 0.6) is 5.88 Å². The van der Waals surface area contributed by atoms with Crippen molar-refractivity contribution in [2.24, 2.45) is 5.73 Å². The van der Waals surface area contributed by atoms with Gasteiger partial charge < -0.3 is 10.5 Å². The van der Waals surface area contributed by atoms with Gasteiger partial charge in [0.2, 0.25) is 5.88 Å². The Morgan fingerprint density at radius 1 is 1.57 bits per heavy atom. The fourth-order valence-corrected chi connectivity index (χ4v) is 1.11. The molecule has 3 nitrogen and oxygen atoms in total.